The Balaban J connectivity index is 1.91. The second-order valence-corrected chi connectivity index (χ2v) is 4.72. The van der Waals surface area contributed by atoms with Gasteiger partial charge in [-0.3, -0.25) is 4.79 Å². The van der Waals surface area contributed by atoms with Crippen LogP contribution in [0.25, 0.3) is 11.1 Å². The van der Waals surface area contributed by atoms with Crippen LogP contribution < -0.4 is 5.32 Å². The molecule has 20 heavy (non-hydrogen) atoms. The molecule has 2 heterocycles. The van der Waals surface area contributed by atoms with Gasteiger partial charge >= 0.3 is 0 Å². The van der Waals surface area contributed by atoms with Gasteiger partial charge in [0.2, 0.25) is 0 Å². The third kappa shape index (κ3) is 2.07. The zero-order chi connectivity index (χ0) is 14.3. The van der Waals surface area contributed by atoms with Crippen molar-refractivity contribution >= 4 is 22.7 Å². The number of oxazole rings is 1. The number of fused-ring (bicyclic) bond motifs is 1. The molecule has 0 spiro atoms. The Hall–Kier alpha value is -2.56. The normalized spacial score (nSPS) is 10.9. The molecule has 3 rings (SSSR count). The van der Waals surface area contributed by atoms with Crippen molar-refractivity contribution in [2.45, 2.75) is 20.8 Å². The lowest BCUT2D eigenvalue weighted by molar-refractivity contribution is 0.102. The molecule has 0 atom stereocenters. The van der Waals surface area contributed by atoms with Gasteiger partial charge in [0, 0.05) is 24.2 Å². The lowest BCUT2D eigenvalue weighted by Crippen LogP contribution is -2.13. The fourth-order valence-electron chi connectivity index (χ4n) is 2.22. The van der Waals surface area contributed by atoms with Gasteiger partial charge in [-0.25, -0.2) is 4.98 Å². The first-order valence-corrected chi connectivity index (χ1v) is 6.28. The van der Waals surface area contributed by atoms with Crippen LogP contribution in [-0.4, -0.2) is 10.9 Å². The fourth-order valence-corrected chi connectivity index (χ4v) is 2.22. The molecule has 1 aromatic carbocycles. The molecular formula is C15H14N2O3. The second kappa shape index (κ2) is 4.52. The minimum atomic E-state index is -0.190. The second-order valence-electron chi connectivity index (χ2n) is 4.72. The van der Waals surface area contributed by atoms with Crippen LogP contribution in [0.1, 0.15) is 27.6 Å². The van der Waals surface area contributed by atoms with E-state index in [4.69, 9.17) is 8.83 Å². The Morgan fingerprint density at radius 1 is 1.25 bits per heavy atom. The van der Waals surface area contributed by atoms with E-state index in [-0.39, 0.29) is 5.91 Å². The Bertz CT molecular complexity index is 779. The van der Waals surface area contributed by atoms with Gasteiger partial charge in [-0.15, -0.1) is 0 Å². The number of carbonyl (C=O) groups is 1. The molecule has 0 bridgehead atoms. The lowest BCUT2D eigenvalue weighted by Gasteiger charge is -2.04. The Kier molecular flexibility index (Phi) is 2.82. The van der Waals surface area contributed by atoms with E-state index in [0.717, 1.165) is 11.1 Å². The zero-order valence-corrected chi connectivity index (χ0v) is 11.5. The molecule has 1 amide bonds. The first kappa shape index (κ1) is 12.5. The number of hydrogen-bond acceptors (Lipinski definition) is 4. The summed E-state index contributed by atoms with van der Waals surface area (Å²) >= 11 is 0. The molecule has 0 aliphatic rings. The summed E-state index contributed by atoms with van der Waals surface area (Å²) in [6.07, 6.45) is 1.58. The van der Waals surface area contributed by atoms with E-state index in [9.17, 15) is 4.79 Å². The number of anilines is 1. The molecule has 5 nitrogen and oxygen atoms in total. The summed E-state index contributed by atoms with van der Waals surface area (Å²) in [5, 5.41) is 2.84. The van der Waals surface area contributed by atoms with Gasteiger partial charge < -0.3 is 14.2 Å². The van der Waals surface area contributed by atoms with E-state index in [1.54, 1.807) is 32.2 Å². The highest BCUT2D eigenvalue weighted by molar-refractivity contribution is 6.06. The van der Waals surface area contributed by atoms with Crippen molar-refractivity contribution in [1.29, 1.82) is 0 Å². The molecular weight excluding hydrogens is 256 g/mol. The van der Waals surface area contributed by atoms with Crippen LogP contribution >= 0.6 is 0 Å². The average molecular weight is 270 g/mol. The van der Waals surface area contributed by atoms with Crippen molar-refractivity contribution in [3.05, 3.63) is 47.2 Å². The minimum Gasteiger partial charge on any atom is -0.469 e. The van der Waals surface area contributed by atoms with E-state index in [0.29, 0.717) is 28.5 Å². The number of furan rings is 1. The topological polar surface area (TPSA) is 68.3 Å². The van der Waals surface area contributed by atoms with Gasteiger partial charge in [0.05, 0.1) is 11.8 Å². The molecule has 0 aliphatic carbocycles. The molecule has 0 fully saturated rings. The first-order valence-electron chi connectivity index (χ1n) is 6.28. The van der Waals surface area contributed by atoms with Crippen molar-refractivity contribution in [2.75, 3.05) is 5.32 Å². The summed E-state index contributed by atoms with van der Waals surface area (Å²) in [6.45, 7) is 5.40. The molecule has 0 unspecified atom stereocenters. The van der Waals surface area contributed by atoms with E-state index >= 15 is 0 Å². The van der Waals surface area contributed by atoms with Crippen LogP contribution in [0, 0.1) is 20.8 Å². The van der Waals surface area contributed by atoms with Gasteiger partial charge in [-0.1, -0.05) is 0 Å². The highest BCUT2D eigenvalue weighted by atomic mass is 16.3. The third-order valence-corrected chi connectivity index (χ3v) is 3.14. The zero-order valence-electron chi connectivity index (χ0n) is 11.5. The SMILES string of the molecule is Cc1nc2ccc(NC(=O)c3c(C)coc3C)cc2o1. The first-order chi connectivity index (χ1) is 9.54. The molecule has 3 aromatic rings. The van der Waals surface area contributed by atoms with Gasteiger partial charge in [-0.2, -0.15) is 0 Å². The Morgan fingerprint density at radius 3 is 2.75 bits per heavy atom. The van der Waals surface area contributed by atoms with Gasteiger partial charge in [0.15, 0.2) is 11.5 Å². The number of aromatic nitrogens is 1. The van der Waals surface area contributed by atoms with E-state index in [1.807, 2.05) is 13.0 Å². The molecule has 1 N–H and O–H groups in total. The largest absolute Gasteiger partial charge is 0.469 e. The summed E-state index contributed by atoms with van der Waals surface area (Å²) in [6, 6.07) is 5.38. The average Bonchev–Trinajstić information content (AvgIpc) is 2.91. The standard InChI is InChI=1S/C15H14N2O3/c1-8-7-19-9(2)14(8)15(18)17-11-4-5-12-13(6-11)20-10(3)16-12/h4-7H,1-3H3,(H,17,18). The van der Waals surface area contributed by atoms with Crippen LogP contribution in [0.4, 0.5) is 5.69 Å². The van der Waals surface area contributed by atoms with Crippen LogP contribution in [0.3, 0.4) is 0 Å². The summed E-state index contributed by atoms with van der Waals surface area (Å²) in [4.78, 5) is 16.5. The maximum Gasteiger partial charge on any atom is 0.259 e. The van der Waals surface area contributed by atoms with Gasteiger partial charge in [-0.05, 0) is 26.0 Å². The number of nitrogens with one attached hydrogen (secondary N) is 1. The lowest BCUT2D eigenvalue weighted by atomic mass is 10.1. The highest BCUT2D eigenvalue weighted by Crippen LogP contribution is 2.22. The number of nitrogens with zero attached hydrogens (tertiary/aromatic N) is 1. The summed E-state index contributed by atoms with van der Waals surface area (Å²) < 4.78 is 10.7. The van der Waals surface area contributed by atoms with Crippen molar-refractivity contribution in [2.24, 2.45) is 0 Å². The number of benzene rings is 1. The van der Waals surface area contributed by atoms with Gasteiger partial charge in [0.1, 0.15) is 11.3 Å². The van der Waals surface area contributed by atoms with E-state index in [1.165, 1.54) is 0 Å². The Labute approximate surface area is 115 Å². The highest BCUT2D eigenvalue weighted by Gasteiger charge is 2.16. The van der Waals surface area contributed by atoms with Crippen LogP contribution in [-0.2, 0) is 0 Å². The summed E-state index contributed by atoms with van der Waals surface area (Å²) in [7, 11) is 0. The van der Waals surface area contributed by atoms with Crippen molar-refractivity contribution in [1.82, 2.24) is 4.98 Å². The number of rotatable bonds is 2. The molecule has 0 saturated carbocycles. The molecule has 5 heteroatoms. The molecule has 0 radical (unpaired) electrons. The number of carbonyl (C=O) groups excluding carboxylic acids is 1. The predicted molar refractivity (Wildman–Crippen MR) is 74.9 cm³/mol. The minimum absolute atomic E-state index is 0.190. The third-order valence-electron chi connectivity index (χ3n) is 3.14. The smallest absolute Gasteiger partial charge is 0.259 e. The van der Waals surface area contributed by atoms with Crippen molar-refractivity contribution < 1.29 is 13.6 Å². The maximum atomic E-state index is 12.2. The summed E-state index contributed by atoms with van der Waals surface area (Å²) in [5.41, 5.74) is 3.48. The van der Waals surface area contributed by atoms with Gasteiger partial charge in [0.25, 0.3) is 5.91 Å². The van der Waals surface area contributed by atoms with Crippen LogP contribution in [0.5, 0.6) is 0 Å². The fraction of sp³-hybridized carbons (Fsp3) is 0.200. The monoisotopic (exact) mass is 270 g/mol. The maximum absolute atomic E-state index is 12.2. The predicted octanol–water partition coefficient (Wildman–Crippen LogP) is 3.60. The van der Waals surface area contributed by atoms with E-state index in [2.05, 4.69) is 10.3 Å². The van der Waals surface area contributed by atoms with Crippen molar-refractivity contribution in [3.63, 3.8) is 0 Å². The Morgan fingerprint density at radius 2 is 2.05 bits per heavy atom. The van der Waals surface area contributed by atoms with Crippen LogP contribution in [0.15, 0.2) is 33.3 Å². The molecule has 0 aliphatic heterocycles. The molecule has 0 saturated heterocycles. The molecule has 2 aromatic heterocycles. The summed E-state index contributed by atoms with van der Waals surface area (Å²) in [5.74, 6) is 1.02. The number of amides is 1. The quantitative estimate of drug-likeness (QED) is 0.772. The molecule has 102 valence electrons. The van der Waals surface area contributed by atoms with Crippen LogP contribution in [0.2, 0.25) is 0 Å². The van der Waals surface area contributed by atoms with E-state index < -0.39 is 0 Å². The number of aryl methyl sites for hydroxylation is 3. The van der Waals surface area contributed by atoms with Crippen molar-refractivity contribution in [3.8, 4) is 0 Å². The number of hydrogen-bond donors (Lipinski definition) is 1.